The highest BCUT2D eigenvalue weighted by atomic mass is 32.2. The molecule has 140 valence electrons. The predicted molar refractivity (Wildman–Crippen MR) is 116 cm³/mol. The first-order valence-corrected chi connectivity index (χ1v) is 10.8. The second-order valence-electron chi connectivity index (χ2n) is 5.77. The first-order chi connectivity index (χ1) is 13.2. The molecule has 1 heterocycles. The van der Waals surface area contributed by atoms with E-state index in [9.17, 15) is 4.79 Å². The zero-order valence-electron chi connectivity index (χ0n) is 15.4. The SMILES string of the molecule is CCOCCN1C(=O)/C(=C/c2ccc(SC)cc2)SC1=Nc1ccccc1. The van der Waals surface area contributed by atoms with Crippen molar-refractivity contribution >= 4 is 46.4 Å². The molecule has 4 nitrogen and oxygen atoms in total. The molecule has 0 atom stereocenters. The number of carbonyl (C=O) groups excluding carboxylic acids is 1. The van der Waals surface area contributed by atoms with Crippen molar-refractivity contribution in [2.24, 2.45) is 4.99 Å². The molecule has 3 rings (SSSR count). The van der Waals surface area contributed by atoms with E-state index in [0.717, 1.165) is 11.3 Å². The summed E-state index contributed by atoms with van der Waals surface area (Å²) in [6, 6.07) is 17.9. The molecule has 0 aliphatic carbocycles. The molecule has 0 saturated carbocycles. The average Bonchev–Trinajstić information content (AvgIpc) is 2.98. The zero-order valence-corrected chi connectivity index (χ0v) is 17.1. The van der Waals surface area contributed by atoms with Crippen LogP contribution in [0.15, 0.2) is 69.4 Å². The summed E-state index contributed by atoms with van der Waals surface area (Å²) in [4.78, 5) is 21.2. The van der Waals surface area contributed by atoms with Crippen LogP contribution in [-0.4, -0.2) is 42.0 Å². The quantitative estimate of drug-likeness (QED) is 0.372. The van der Waals surface area contributed by atoms with Crippen LogP contribution in [-0.2, 0) is 9.53 Å². The molecule has 0 bridgehead atoms. The molecule has 1 fully saturated rings. The number of hydrogen-bond acceptors (Lipinski definition) is 5. The summed E-state index contributed by atoms with van der Waals surface area (Å²) in [5.41, 5.74) is 1.84. The largest absolute Gasteiger partial charge is 0.380 e. The fraction of sp³-hybridized carbons (Fsp3) is 0.238. The van der Waals surface area contributed by atoms with E-state index in [0.29, 0.717) is 29.8 Å². The van der Waals surface area contributed by atoms with Crippen LogP contribution in [0.5, 0.6) is 0 Å². The number of rotatable bonds is 7. The number of ether oxygens (including phenoxy) is 1. The summed E-state index contributed by atoms with van der Waals surface area (Å²) in [7, 11) is 0. The van der Waals surface area contributed by atoms with Gasteiger partial charge in [-0.05, 0) is 60.8 Å². The Balaban J connectivity index is 1.86. The third-order valence-corrected chi connectivity index (χ3v) is 5.70. The Morgan fingerprint density at radius 2 is 1.89 bits per heavy atom. The smallest absolute Gasteiger partial charge is 0.266 e. The van der Waals surface area contributed by atoms with E-state index < -0.39 is 0 Å². The minimum absolute atomic E-state index is 0.0247. The zero-order chi connectivity index (χ0) is 19.1. The van der Waals surface area contributed by atoms with Crippen molar-refractivity contribution in [1.29, 1.82) is 0 Å². The normalized spacial score (nSPS) is 17.3. The molecule has 1 amide bonds. The van der Waals surface area contributed by atoms with Gasteiger partial charge in [0, 0.05) is 11.5 Å². The van der Waals surface area contributed by atoms with Crippen molar-refractivity contribution < 1.29 is 9.53 Å². The van der Waals surface area contributed by atoms with E-state index in [4.69, 9.17) is 4.74 Å². The summed E-state index contributed by atoms with van der Waals surface area (Å²) >= 11 is 3.11. The van der Waals surface area contributed by atoms with Crippen molar-refractivity contribution in [3.63, 3.8) is 0 Å². The Hall–Kier alpha value is -2.02. The van der Waals surface area contributed by atoms with Crippen LogP contribution in [0.2, 0.25) is 0 Å². The lowest BCUT2D eigenvalue weighted by Gasteiger charge is -2.15. The summed E-state index contributed by atoms with van der Waals surface area (Å²) < 4.78 is 5.44. The number of nitrogens with zero attached hydrogens (tertiary/aromatic N) is 2. The van der Waals surface area contributed by atoms with Crippen LogP contribution >= 0.6 is 23.5 Å². The maximum atomic E-state index is 12.9. The van der Waals surface area contributed by atoms with Crippen LogP contribution in [0.1, 0.15) is 12.5 Å². The topological polar surface area (TPSA) is 41.9 Å². The standard InChI is InChI=1S/C21H22N2O2S2/c1-3-25-14-13-23-20(24)19(15-16-9-11-18(26-2)12-10-16)27-21(23)22-17-7-5-4-6-8-17/h4-12,15H,3,13-14H2,1-2H3/b19-15-,22-21?. The highest BCUT2D eigenvalue weighted by molar-refractivity contribution is 8.18. The molecular weight excluding hydrogens is 376 g/mol. The number of amides is 1. The molecule has 6 heteroatoms. The lowest BCUT2D eigenvalue weighted by Crippen LogP contribution is -2.32. The van der Waals surface area contributed by atoms with Crippen LogP contribution in [0.25, 0.3) is 6.08 Å². The molecule has 1 saturated heterocycles. The van der Waals surface area contributed by atoms with Gasteiger partial charge in [0.2, 0.25) is 0 Å². The second-order valence-corrected chi connectivity index (χ2v) is 7.66. The second kappa shape index (κ2) is 9.78. The highest BCUT2D eigenvalue weighted by Crippen LogP contribution is 2.34. The first kappa shape index (κ1) is 19.7. The Kier molecular flexibility index (Phi) is 7.15. The highest BCUT2D eigenvalue weighted by Gasteiger charge is 2.33. The van der Waals surface area contributed by atoms with Crippen molar-refractivity contribution in [1.82, 2.24) is 4.90 Å². The van der Waals surface area contributed by atoms with Gasteiger partial charge in [-0.15, -0.1) is 11.8 Å². The fourth-order valence-corrected chi connectivity index (χ4v) is 3.99. The van der Waals surface area contributed by atoms with Crippen LogP contribution in [0, 0.1) is 0 Å². The van der Waals surface area contributed by atoms with Crippen molar-refractivity contribution in [2.75, 3.05) is 26.0 Å². The van der Waals surface area contributed by atoms with Crippen molar-refractivity contribution in [3.05, 3.63) is 65.1 Å². The summed E-state index contributed by atoms with van der Waals surface area (Å²) in [5.74, 6) is -0.0247. The summed E-state index contributed by atoms with van der Waals surface area (Å²) in [5, 5.41) is 0.692. The number of carbonyl (C=O) groups is 1. The number of aliphatic imine (C=N–C) groups is 1. The van der Waals surface area contributed by atoms with E-state index in [1.54, 1.807) is 16.7 Å². The third kappa shape index (κ3) is 5.25. The van der Waals surface area contributed by atoms with Gasteiger partial charge in [0.15, 0.2) is 5.17 Å². The molecular formula is C21H22N2O2S2. The molecule has 2 aromatic carbocycles. The minimum Gasteiger partial charge on any atom is -0.380 e. The third-order valence-electron chi connectivity index (χ3n) is 3.95. The van der Waals surface area contributed by atoms with Crippen LogP contribution in [0.4, 0.5) is 5.69 Å². The molecule has 1 aliphatic rings. The van der Waals surface area contributed by atoms with Gasteiger partial charge in [-0.25, -0.2) is 4.99 Å². The van der Waals surface area contributed by atoms with Gasteiger partial charge in [0.1, 0.15) is 0 Å². The van der Waals surface area contributed by atoms with Gasteiger partial charge in [-0.2, -0.15) is 0 Å². The predicted octanol–water partition coefficient (Wildman–Crippen LogP) is 5.05. The van der Waals surface area contributed by atoms with Crippen LogP contribution in [0.3, 0.4) is 0 Å². The molecule has 0 unspecified atom stereocenters. The minimum atomic E-state index is -0.0247. The van der Waals surface area contributed by atoms with Gasteiger partial charge < -0.3 is 4.74 Å². The van der Waals surface area contributed by atoms with Gasteiger partial charge in [-0.3, -0.25) is 9.69 Å². The van der Waals surface area contributed by atoms with Gasteiger partial charge in [0.25, 0.3) is 5.91 Å². The number of thioether (sulfide) groups is 2. The molecule has 1 aliphatic heterocycles. The summed E-state index contributed by atoms with van der Waals surface area (Å²) in [6.45, 7) is 3.56. The maximum absolute atomic E-state index is 12.9. The molecule has 0 spiro atoms. The molecule has 0 radical (unpaired) electrons. The summed E-state index contributed by atoms with van der Waals surface area (Å²) in [6.07, 6.45) is 3.98. The molecule has 27 heavy (non-hydrogen) atoms. The Bertz CT molecular complexity index is 833. The van der Waals surface area contributed by atoms with Crippen LogP contribution < -0.4 is 0 Å². The number of amidine groups is 1. The Morgan fingerprint density at radius 3 is 2.56 bits per heavy atom. The Labute approximate surface area is 168 Å². The number of benzene rings is 2. The Morgan fingerprint density at radius 1 is 1.15 bits per heavy atom. The van der Waals surface area contributed by atoms with E-state index >= 15 is 0 Å². The maximum Gasteiger partial charge on any atom is 0.266 e. The number of hydrogen-bond donors (Lipinski definition) is 0. The molecule has 0 N–H and O–H groups in total. The van der Waals surface area contributed by atoms with E-state index in [2.05, 4.69) is 17.1 Å². The monoisotopic (exact) mass is 398 g/mol. The van der Waals surface area contributed by atoms with E-state index in [-0.39, 0.29) is 5.91 Å². The lowest BCUT2D eigenvalue weighted by molar-refractivity contribution is -0.122. The molecule has 2 aromatic rings. The van der Waals surface area contributed by atoms with Gasteiger partial charge in [0.05, 0.1) is 23.7 Å². The lowest BCUT2D eigenvalue weighted by atomic mass is 10.2. The van der Waals surface area contributed by atoms with Crippen molar-refractivity contribution in [3.8, 4) is 0 Å². The number of para-hydroxylation sites is 1. The van der Waals surface area contributed by atoms with Gasteiger partial charge in [-0.1, -0.05) is 30.3 Å². The van der Waals surface area contributed by atoms with Crippen molar-refractivity contribution in [2.45, 2.75) is 11.8 Å². The van der Waals surface area contributed by atoms with E-state index in [1.165, 1.54) is 16.7 Å². The fourth-order valence-electron chi connectivity index (χ4n) is 2.55. The average molecular weight is 399 g/mol. The molecule has 0 aromatic heterocycles. The van der Waals surface area contributed by atoms with Gasteiger partial charge >= 0.3 is 0 Å². The first-order valence-electron chi connectivity index (χ1n) is 8.78. The van der Waals surface area contributed by atoms with E-state index in [1.807, 2.05) is 61.7 Å².